The van der Waals surface area contributed by atoms with Gasteiger partial charge in [0.2, 0.25) is 0 Å². The minimum absolute atomic E-state index is 0.193. The van der Waals surface area contributed by atoms with Gasteiger partial charge in [0, 0.05) is 33.6 Å². The minimum Gasteiger partial charge on any atom is -0.456 e. The number of nitrogens with zero attached hydrogens (tertiary/aromatic N) is 1. The van der Waals surface area contributed by atoms with Crippen molar-refractivity contribution in [2.24, 2.45) is 0 Å². The van der Waals surface area contributed by atoms with Crippen LogP contribution in [0.2, 0.25) is 0 Å². The molecule has 1 aromatic heterocycles. The van der Waals surface area contributed by atoms with E-state index < -0.39 is 0 Å². The van der Waals surface area contributed by atoms with Gasteiger partial charge in [-0.15, -0.1) is 0 Å². The van der Waals surface area contributed by atoms with Crippen molar-refractivity contribution in [3.63, 3.8) is 0 Å². The Morgan fingerprint density at radius 1 is 0.426 bits per heavy atom. The number of hydrogen-bond acceptors (Lipinski definition) is 2. The highest BCUT2D eigenvalue weighted by Crippen LogP contribution is 2.53. The molecule has 0 bridgehead atoms. The lowest BCUT2D eigenvalue weighted by atomic mass is 9.89. The van der Waals surface area contributed by atoms with E-state index in [1.165, 1.54) is 55.0 Å². The third-order valence-electron chi connectivity index (χ3n) is 9.89. The van der Waals surface area contributed by atoms with Gasteiger partial charge in [0.1, 0.15) is 11.2 Å². The maximum atomic E-state index is 6.21. The number of fused-ring (bicyclic) bond motifs is 9. The van der Waals surface area contributed by atoms with Gasteiger partial charge in [-0.05, 0) is 92.3 Å². The van der Waals surface area contributed by atoms with Crippen molar-refractivity contribution in [3.05, 3.63) is 187 Å². The maximum absolute atomic E-state index is 6.21. The molecule has 9 aromatic rings. The second-order valence-electron chi connectivity index (χ2n) is 12.5. The molecule has 0 saturated heterocycles. The van der Waals surface area contributed by atoms with Crippen LogP contribution >= 0.6 is 0 Å². The molecule has 0 fully saturated rings. The molecule has 0 aliphatic heterocycles. The number of para-hydroxylation sites is 2. The van der Waals surface area contributed by atoms with Crippen molar-refractivity contribution in [1.82, 2.24) is 0 Å². The van der Waals surface area contributed by atoms with Crippen LogP contribution in [0.5, 0.6) is 0 Å². The average Bonchev–Trinajstić information content (AvgIpc) is 3.67. The zero-order valence-corrected chi connectivity index (χ0v) is 25.6. The zero-order chi connectivity index (χ0) is 30.9. The standard InChI is InChI=1S/C45H29NO/c1-3-12-29(13-4-1)44-36-17-7-8-18-37(36)45-38(44)19-11-20-41(45)46(32-14-5-2-6-15-32)33-24-25-34-30(26-33)22-23-31-27-43-40(28-39(31)34)35-16-9-10-21-42(35)47-43/h1-28,44H. The van der Waals surface area contributed by atoms with E-state index in [9.17, 15) is 0 Å². The van der Waals surface area contributed by atoms with Crippen molar-refractivity contribution in [1.29, 1.82) is 0 Å². The van der Waals surface area contributed by atoms with E-state index >= 15 is 0 Å². The molecule has 0 N–H and O–H groups in total. The van der Waals surface area contributed by atoms with Crippen molar-refractivity contribution in [2.75, 3.05) is 4.90 Å². The van der Waals surface area contributed by atoms with Crippen LogP contribution in [0.1, 0.15) is 22.6 Å². The molecule has 1 unspecified atom stereocenters. The quantitative estimate of drug-likeness (QED) is 0.187. The molecule has 10 rings (SSSR count). The zero-order valence-electron chi connectivity index (χ0n) is 25.6. The first-order chi connectivity index (χ1) is 23.3. The van der Waals surface area contributed by atoms with Crippen LogP contribution in [0, 0.1) is 0 Å². The van der Waals surface area contributed by atoms with E-state index in [0.717, 1.165) is 33.3 Å². The largest absolute Gasteiger partial charge is 0.456 e. The Balaban J connectivity index is 1.19. The lowest BCUT2D eigenvalue weighted by molar-refractivity contribution is 0.669. The summed E-state index contributed by atoms with van der Waals surface area (Å²) in [6.07, 6.45) is 0. The van der Waals surface area contributed by atoms with Crippen LogP contribution in [0.3, 0.4) is 0 Å². The number of benzene rings is 8. The first-order valence-corrected chi connectivity index (χ1v) is 16.2. The lowest BCUT2D eigenvalue weighted by Crippen LogP contribution is -2.11. The summed E-state index contributed by atoms with van der Waals surface area (Å²) in [5.74, 6) is 0.193. The third-order valence-corrected chi connectivity index (χ3v) is 9.89. The molecule has 0 saturated carbocycles. The van der Waals surface area contributed by atoms with Crippen molar-refractivity contribution in [2.45, 2.75) is 5.92 Å². The molecule has 2 heteroatoms. The van der Waals surface area contributed by atoms with E-state index in [-0.39, 0.29) is 5.92 Å². The summed E-state index contributed by atoms with van der Waals surface area (Å²) in [5, 5.41) is 7.17. The van der Waals surface area contributed by atoms with Gasteiger partial charge in [-0.2, -0.15) is 0 Å². The monoisotopic (exact) mass is 599 g/mol. The average molecular weight is 600 g/mol. The maximum Gasteiger partial charge on any atom is 0.136 e. The van der Waals surface area contributed by atoms with Crippen molar-refractivity contribution in [3.8, 4) is 11.1 Å². The number of furan rings is 1. The molecule has 1 heterocycles. The topological polar surface area (TPSA) is 16.4 Å². The van der Waals surface area contributed by atoms with Crippen LogP contribution in [0.25, 0.3) is 54.6 Å². The Morgan fingerprint density at radius 3 is 2.02 bits per heavy atom. The summed E-state index contributed by atoms with van der Waals surface area (Å²) < 4.78 is 6.21. The first-order valence-electron chi connectivity index (χ1n) is 16.2. The molecule has 1 aliphatic rings. The Hall–Kier alpha value is -6.12. The van der Waals surface area contributed by atoms with Crippen molar-refractivity contribution < 1.29 is 4.42 Å². The highest BCUT2D eigenvalue weighted by molar-refractivity contribution is 6.16. The second kappa shape index (κ2) is 10.2. The van der Waals surface area contributed by atoms with E-state index in [1.807, 2.05) is 12.1 Å². The summed E-state index contributed by atoms with van der Waals surface area (Å²) in [7, 11) is 0. The highest BCUT2D eigenvalue weighted by atomic mass is 16.3. The predicted molar refractivity (Wildman–Crippen MR) is 196 cm³/mol. The second-order valence-corrected chi connectivity index (χ2v) is 12.5. The van der Waals surface area contributed by atoms with Crippen LogP contribution < -0.4 is 4.90 Å². The molecule has 1 atom stereocenters. The minimum atomic E-state index is 0.193. The highest BCUT2D eigenvalue weighted by Gasteiger charge is 2.33. The lowest BCUT2D eigenvalue weighted by Gasteiger charge is -2.28. The van der Waals surface area contributed by atoms with E-state index in [2.05, 4.69) is 163 Å². The van der Waals surface area contributed by atoms with Gasteiger partial charge >= 0.3 is 0 Å². The van der Waals surface area contributed by atoms with Crippen LogP contribution in [0.15, 0.2) is 174 Å². The normalized spacial score (nSPS) is 13.7. The third kappa shape index (κ3) is 3.98. The number of anilines is 3. The molecular weight excluding hydrogens is 571 g/mol. The molecule has 0 spiro atoms. The Bertz CT molecular complexity index is 2630. The van der Waals surface area contributed by atoms with Gasteiger partial charge in [0.05, 0.1) is 5.69 Å². The summed E-state index contributed by atoms with van der Waals surface area (Å²) in [4.78, 5) is 2.43. The molecular formula is C45H29NO. The van der Waals surface area contributed by atoms with Gasteiger partial charge in [-0.3, -0.25) is 0 Å². The Labute approximate surface area is 272 Å². The molecule has 220 valence electrons. The van der Waals surface area contributed by atoms with Crippen molar-refractivity contribution >= 4 is 60.5 Å². The predicted octanol–water partition coefficient (Wildman–Crippen LogP) is 12.5. The molecule has 2 nitrogen and oxygen atoms in total. The Kier molecular flexibility index (Phi) is 5.67. The summed E-state index contributed by atoms with van der Waals surface area (Å²) in [6, 6.07) is 61.6. The summed E-state index contributed by atoms with van der Waals surface area (Å²) in [6.45, 7) is 0. The molecule has 0 radical (unpaired) electrons. The van der Waals surface area contributed by atoms with Gasteiger partial charge in [0.25, 0.3) is 0 Å². The SMILES string of the molecule is c1ccc(C2c3ccccc3-c3c2cccc3N(c2ccccc2)c2ccc3c(ccc4cc5oc6ccccc6c5cc43)c2)cc1. The fourth-order valence-corrected chi connectivity index (χ4v) is 7.84. The van der Waals surface area contributed by atoms with Crippen LogP contribution in [-0.4, -0.2) is 0 Å². The number of rotatable bonds is 4. The summed E-state index contributed by atoms with van der Waals surface area (Å²) >= 11 is 0. The fourth-order valence-electron chi connectivity index (χ4n) is 7.84. The van der Waals surface area contributed by atoms with E-state index in [4.69, 9.17) is 4.42 Å². The Morgan fingerprint density at radius 2 is 1.15 bits per heavy atom. The smallest absolute Gasteiger partial charge is 0.136 e. The molecule has 0 amide bonds. The summed E-state index contributed by atoms with van der Waals surface area (Å²) in [5.41, 5.74) is 11.9. The molecule has 47 heavy (non-hydrogen) atoms. The van der Waals surface area contributed by atoms with Gasteiger partial charge < -0.3 is 9.32 Å². The van der Waals surface area contributed by atoms with Gasteiger partial charge in [-0.1, -0.05) is 121 Å². The van der Waals surface area contributed by atoms with Gasteiger partial charge in [0.15, 0.2) is 0 Å². The van der Waals surface area contributed by atoms with Crippen LogP contribution in [0.4, 0.5) is 17.1 Å². The van der Waals surface area contributed by atoms with Crippen LogP contribution in [-0.2, 0) is 0 Å². The number of hydrogen-bond donors (Lipinski definition) is 0. The van der Waals surface area contributed by atoms with Gasteiger partial charge in [-0.25, -0.2) is 0 Å². The first kappa shape index (κ1) is 26.1. The molecule has 1 aliphatic carbocycles. The fraction of sp³-hybridized carbons (Fsp3) is 0.0222. The molecule has 8 aromatic carbocycles. The van der Waals surface area contributed by atoms with E-state index in [1.54, 1.807) is 0 Å². The van der Waals surface area contributed by atoms with E-state index in [0.29, 0.717) is 0 Å².